The van der Waals surface area contributed by atoms with Crippen LogP contribution in [0.25, 0.3) is 0 Å². The quantitative estimate of drug-likeness (QED) is 0.815. The van der Waals surface area contributed by atoms with E-state index >= 15 is 0 Å². The number of aromatic nitrogens is 3. The molecular formula is C20H25FN8O. The van der Waals surface area contributed by atoms with Gasteiger partial charge in [0, 0.05) is 33.2 Å². The van der Waals surface area contributed by atoms with Crippen molar-refractivity contribution in [2.75, 3.05) is 52.1 Å². The monoisotopic (exact) mass is 412 g/mol. The Morgan fingerprint density at radius 3 is 2.53 bits per heavy atom. The molecule has 0 aliphatic carbocycles. The van der Waals surface area contributed by atoms with E-state index in [2.05, 4.69) is 30.2 Å². The highest BCUT2D eigenvalue weighted by Gasteiger charge is 2.28. The van der Waals surface area contributed by atoms with Crippen molar-refractivity contribution in [2.45, 2.75) is 13.0 Å². The Labute approximate surface area is 174 Å². The summed E-state index contributed by atoms with van der Waals surface area (Å²) in [6.07, 6.45) is 2.72. The first kappa shape index (κ1) is 20.1. The fraction of sp³-hybridized carbons (Fsp3) is 0.450. The van der Waals surface area contributed by atoms with Crippen molar-refractivity contribution in [3.63, 3.8) is 0 Å². The van der Waals surface area contributed by atoms with Crippen LogP contribution in [0.15, 0.2) is 29.5 Å². The number of amides is 1. The van der Waals surface area contributed by atoms with Gasteiger partial charge in [0.15, 0.2) is 5.82 Å². The first-order valence-corrected chi connectivity index (χ1v) is 9.89. The van der Waals surface area contributed by atoms with Gasteiger partial charge in [-0.1, -0.05) is 0 Å². The summed E-state index contributed by atoms with van der Waals surface area (Å²) in [6.45, 7) is 5.45. The lowest BCUT2D eigenvalue weighted by atomic mass is 10.2. The summed E-state index contributed by atoms with van der Waals surface area (Å²) in [5.74, 6) is 0.574. The van der Waals surface area contributed by atoms with E-state index in [1.165, 1.54) is 0 Å². The summed E-state index contributed by atoms with van der Waals surface area (Å²) >= 11 is 0. The number of carbonyl (C=O) groups is 1. The maximum absolute atomic E-state index is 14.3. The molecule has 2 aromatic heterocycles. The molecule has 1 saturated heterocycles. The highest BCUT2D eigenvalue weighted by atomic mass is 19.1. The lowest BCUT2D eigenvalue weighted by molar-refractivity contribution is 0.0658. The Morgan fingerprint density at radius 1 is 1.13 bits per heavy atom. The maximum Gasteiger partial charge on any atom is 0.272 e. The third-order valence-corrected chi connectivity index (χ3v) is 5.59. The molecule has 1 amide bonds. The van der Waals surface area contributed by atoms with E-state index in [4.69, 9.17) is 0 Å². The van der Waals surface area contributed by atoms with Crippen molar-refractivity contribution in [3.8, 4) is 0 Å². The molecule has 0 spiro atoms. The lowest BCUT2D eigenvalue weighted by Crippen LogP contribution is -2.47. The minimum atomic E-state index is -0.464. The zero-order valence-electron chi connectivity index (χ0n) is 17.3. The van der Waals surface area contributed by atoms with Gasteiger partial charge in [-0.2, -0.15) is 0 Å². The molecule has 4 rings (SSSR count). The molecule has 4 heterocycles. The number of rotatable bonds is 4. The minimum absolute atomic E-state index is 0.0744. The fourth-order valence-electron chi connectivity index (χ4n) is 3.52. The van der Waals surface area contributed by atoms with Gasteiger partial charge in [-0.05, 0) is 26.1 Å². The Balaban J connectivity index is 1.45. The van der Waals surface area contributed by atoms with Crippen LogP contribution in [0.1, 0.15) is 29.1 Å². The second-order valence-corrected chi connectivity index (χ2v) is 7.59. The Hall–Kier alpha value is -3.14. The van der Waals surface area contributed by atoms with Crippen LogP contribution in [-0.4, -0.2) is 88.2 Å². The van der Waals surface area contributed by atoms with E-state index < -0.39 is 5.82 Å². The molecule has 30 heavy (non-hydrogen) atoms. The number of amidine groups is 1. The van der Waals surface area contributed by atoms with Crippen molar-refractivity contribution >= 4 is 23.4 Å². The van der Waals surface area contributed by atoms with Crippen LogP contribution in [0.5, 0.6) is 0 Å². The molecule has 1 fully saturated rings. The van der Waals surface area contributed by atoms with E-state index in [1.807, 2.05) is 30.8 Å². The second-order valence-electron chi connectivity index (χ2n) is 7.59. The Kier molecular flexibility index (Phi) is 5.58. The highest BCUT2D eigenvalue weighted by Crippen LogP contribution is 2.26. The van der Waals surface area contributed by atoms with Crippen LogP contribution in [0.4, 0.5) is 16.0 Å². The molecule has 9 nitrogen and oxygen atoms in total. The van der Waals surface area contributed by atoms with Crippen molar-refractivity contribution in [1.29, 1.82) is 0 Å². The number of carbonyl (C=O) groups excluding carboxylic acids is 1. The highest BCUT2D eigenvalue weighted by molar-refractivity contribution is 5.92. The van der Waals surface area contributed by atoms with Crippen LogP contribution in [0.3, 0.4) is 0 Å². The van der Waals surface area contributed by atoms with Gasteiger partial charge < -0.3 is 20.0 Å². The molecule has 1 atom stereocenters. The zero-order valence-corrected chi connectivity index (χ0v) is 17.3. The van der Waals surface area contributed by atoms with Crippen LogP contribution < -0.4 is 5.32 Å². The first-order valence-electron chi connectivity index (χ1n) is 9.89. The molecule has 10 heteroatoms. The summed E-state index contributed by atoms with van der Waals surface area (Å²) in [7, 11) is 3.91. The van der Waals surface area contributed by atoms with Crippen LogP contribution in [0.2, 0.25) is 0 Å². The fourth-order valence-corrected chi connectivity index (χ4v) is 3.52. The van der Waals surface area contributed by atoms with Gasteiger partial charge in [-0.3, -0.25) is 9.79 Å². The van der Waals surface area contributed by atoms with E-state index in [0.29, 0.717) is 36.7 Å². The maximum atomic E-state index is 14.3. The molecular weight excluding hydrogens is 387 g/mol. The third-order valence-electron chi connectivity index (χ3n) is 5.59. The normalized spacial score (nSPS) is 19.7. The van der Waals surface area contributed by atoms with Gasteiger partial charge in [0.1, 0.15) is 11.4 Å². The average molecular weight is 412 g/mol. The predicted octanol–water partition coefficient (Wildman–Crippen LogP) is 1.55. The number of hydrogen-bond acceptors (Lipinski definition) is 8. The predicted molar refractivity (Wildman–Crippen MR) is 111 cm³/mol. The van der Waals surface area contributed by atoms with E-state index in [9.17, 15) is 9.18 Å². The summed E-state index contributed by atoms with van der Waals surface area (Å²) in [5.41, 5.74) is 1.31. The molecule has 2 aliphatic heterocycles. The Bertz CT molecular complexity index is 956. The number of pyridine rings is 1. The summed E-state index contributed by atoms with van der Waals surface area (Å²) < 4.78 is 14.3. The molecule has 0 aromatic carbocycles. The van der Waals surface area contributed by atoms with Crippen molar-refractivity contribution in [3.05, 3.63) is 41.7 Å². The largest absolute Gasteiger partial charge is 0.353 e. The van der Waals surface area contributed by atoms with E-state index in [1.54, 1.807) is 18.3 Å². The van der Waals surface area contributed by atoms with E-state index in [0.717, 1.165) is 25.1 Å². The van der Waals surface area contributed by atoms with Gasteiger partial charge >= 0.3 is 0 Å². The average Bonchev–Trinajstić information content (AvgIpc) is 3.08. The lowest BCUT2D eigenvalue weighted by Gasteiger charge is -2.32. The molecule has 2 aliphatic rings. The van der Waals surface area contributed by atoms with Gasteiger partial charge in [0.05, 0.1) is 36.5 Å². The summed E-state index contributed by atoms with van der Waals surface area (Å²) in [6, 6.07) is 3.17. The molecule has 1 unspecified atom stereocenters. The number of nitrogens with one attached hydrogen (secondary N) is 1. The van der Waals surface area contributed by atoms with Crippen molar-refractivity contribution in [2.24, 2.45) is 4.99 Å². The molecule has 2 aromatic rings. The van der Waals surface area contributed by atoms with Gasteiger partial charge in [0.2, 0.25) is 5.95 Å². The summed E-state index contributed by atoms with van der Waals surface area (Å²) in [4.78, 5) is 35.5. The number of halogens is 1. The van der Waals surface area contributed by atoms with Crippen LogP contribution in [-0.2, 0) is 0 Å². The summed E-state index contributed by atoms with van der Waals surface area (Å²) in [5, 5.41) is 3.03. The van der Waals surface area contributed by atoms with Crippen LogP contribution >= 0.6 is 0 Å². The van der Waals surface area contributed by atoms with Gasteiger partial charge in [-0.15, -0.1) is 0 Å². The van der Waals surface area contributed by atoms with Crippen LogP contribution in [0, 0.1) is 5.82 Å². The molecule has 0 bridgehead atoms. The number of anilines is 2. The third kappa shape index (κ3) is 4.09. The number of nitrogens with zero attached hydrogens (tertiary/aromatic N) is 7. The molecule has 158 valence electrons. The minimum Gasteiger partial charge on any atom is -0.353 e. The smallest absolute Gasteiger partial charge is 0.272 e. The Morgan fingerprint density at radius 2 is 1.90 bits per heavy atom. The SMILES string of the molecule is CC1=NCC(c2nc(Nc3ccc(C(=O)N4CCN(C)CC4)nc3)ncc2F)N1C. The number of hydrogen-bond donors (Lipinski definition) is 1. The molecule has 0 radical (unpaired) electrons. The second kappa shape index (κ2) is 8.31. The van der Waals surface area contributed by atoms with Gasteiger partial charge in [0.25, 0.3) is 5.91 Å². The number of piperazine rings is 1. The molecule has 0 saturated carbocycles. The van der Waals surface area contributed by atoms with E-state index in [-0.39, 0.29) is 17.9 Å². The van der Waals surface area contributed by atoms with Crippen molar-refractivity contribution in [1.82, 2.24) is 29.7 Å². The first-order chi connectivity index (χ1) is 14.4. The topological polar surface area (TPSA) is 89.8 Å². The van der Waals surface area contributed by atoms with Crippen molar-refractivity contribution < 1.29 is 9.18 Å². The number of aliphatic imine (C=N–C) groups is 1. The number of likely N-dealkylation sites (N-methyl/N-ethyl adjacent to an activating group) is 2. The molecule has 1 N–H and O–H groups in total. The van der Waals surface area contributed by atoms with Gasteiger partial charge in [-0.25, -0.2) is 19.3 Å². The standard InChI is InChI=1S/C20H25FN8O/c1-13-22-12-17(28(13)3)18-15(21)11-24-20(26-18)25-14-4-5-16(23-10-14)19(30)29-8-6-27(2)7-9-29/h4-5,10-11,17H,6-9,12H2,1-3H3,(H,24,25,26). The zero-order chi connectivity index (χ0) is 21.3.